The molecular weight excluding hydrogens is 232 g/mol. The molecule has 0 amide bonds. The first kappa shape index (κ1) is 12.3. The van der Waals surface area contributed by atoms with E-state index in [0.717, 1.165) is 5.69 Å². The predicted molar refractivity (Wildman–Crippen MR) is 67.4 cm³/mol. The maximum atomic E-state index is 11.9. The van der Waals surface area contributed by atoms with Gasteiger partial charge in [-0.1, -0.05) is 0 Å². The van der Waals surface area contributed by atoms with Gasteiger partial charge >= 0.3 is 0 Å². The summed E-state index contributed by atoms with van der Waals surface area (Å²) < 4.78 is 2.98. The quantitative estimate of drug-likeness (QED) is 0.838. The van der Waals surface area contributed by atoms with Crippen molar-refractivity contribution in [3.63, 3.8) is 0 Å². The summed E-state index contributed by atoms with van der Waals surface area (Å²) in [6, 6.07) is 1.80. The van der Waals surface area contributed by atoms with E-state index in [2.05, 4.69) is 20.5 Å². The van der Waals surface area contributed by atoms with Gasteiger partial charge in [0.05, 0.1) is 11.9 Å². The SMILES string of the molecule is CC(C)Nc1cnn(Cc2ncnn2C)c(=O)c1. The molecule has 0 atom stereocenters. The van der Waals surface area contributed by atoms with Gasteiger partial charge in [0.2, 0.25) is 0 Å². The van der Waals surface area contributed by atoms with Gasteiger partial charge in [0.15, 0.2) is 0 Å². The van der Waals surface area contributed by atoms with Crippen LogP contribution in [0.4, 0.5) is 5.69 Å². The summed E-state index contributed by atoms with van der Waals surface area (Å²) in [7, 11) is 1.78. The summed E-state index contributed by atoms with van der Waals surface area (Å²) in [5, 5.41) is 11.2. The van der Waals surface area contributed by atoms with E-state index >= 15 is 0 Å². The molecule has 18 heavy (non-hydrogen) atoms. The number of hydrogen-bond acceptors (Lipinski definition) is 5. The molecule has 2 rings (SSSR count). The highest BCUT2D eigenvalue weighted by atomic mass is 16.1. The van der Waals surface area contributed by atoms with Gasteiger partial charge in [-0.3, -0.25) is 9.48 Å². The Morgan fingerprint density at radius 1 is 1.39 bits per heavy atom. The molecule has 2 heterocycles. The number of nitrogens with one attached hydrogen (secondary N) is 1. The minimum atomic E-state index is -0.163. The van der Waals surface area contributed by atoms with Crippen LogP contribution in [0.3, 0.4) is 0 Å². The number of nitrogens with zero attached hydrogens (tertiary/aromatic N) is 5. The van der Waals surface area contributed by atoms with E-state index in [4.69, 9.17) is 0 Å². The maximum absolute atomic E-state index is 11.9. The van der Waals surface area contributed by atoms with Crippen molar-refractivity contribution in [1.29, 1.82) is 0 Å². The lowest BCUT2D eigenvalue weighted by atomic mass is 10.3. The molecule has 0 aromatic carbocycles. The molecule has 1 N–H and O–H groups in total. The van der Waals surface area contributed by atoms with Crippen LogP contribution in [0, 0.1) is 0 Å². The molecule has 0 saturated carbocycles. The highest BCUT2D eigenvalue weighted by molar-refractivity contribution is 5.39. The summed E-state index contributed by atoms with van der Waals surface area (Å²) in [6.07, 6.45) is 3.09. The Kier molecular flexibility index (Phi) is 3.40. The zero-order valence-corrected chi connectivity index (χ0v) is 10.7. The molecule has 0 bridgehead atoms. The summed E-state index contributed by atoms with van der Waals surface area (Å²) in [6.45, 7) is 4.33. The number of rotatable bonds is 4. The van der Waals surface area contributed by atoms with Crippen LogP contribution in [0.1, 0.15) is 19.7 Å². The largest absolute Gasteiger partial charge is 0.381 e. The molecular formula is C11H16N6O. The maximum Gasteiger partial charge on any atom is 0.269 e. The van der Waals surface area contributed by atoms with Crippen molar-refractivity contribution in [3.8, 4) is 0 Å². The monoisotopic (exact) mass is 248 g/mol. The number of aromatic nitrogens is 5. The normalized spacial score (nSPS) is 10.9. The molecule has 96 valence electrons. The Labute approximate surface area is 104 Å². The van der Waals surface area contributed by atoms with Crippen LogP contribution in [0.25, 0.3) is 0 Å². The molecule has 0 aliphatic heterocycles. The van der Waals surface area contributed by atoms with E-state index < -0.39 is 0 Å². The van der Waals surface area contributed by atoms with Crippen LogP contribution in [0.2, 0.25) is 0 Å². The van der Waals surface area contributed by atoms with Crippen molar-refractivity contribution in [2.45, 2.75) is 26.4 Å². The van der Waals surface area contributed by atoms with E-state index in [1.807, 2.05) is 13.8 Å². The van der Waals surface area contributed by atoms with Gasteiger partial charge in [0.25, 0.3) is 5.56 Å². The van der Waals surface area contributed by atoms with E-state index in [0.29, 0.717) is 12.4 Å². The molecule has 2 aromatic heterocycles. The fourth-order valence-corrected chi connectivity index (χ4v) is 1.56. The van der Waals surface area contributed by atoms with Gasteiger partial charge in [-0.05, 0) is 13.8 Å². The van der Waals surface area contributed by atoms with E-state index in [9.17, 15) is 4.79 Å². The lowest BCUT2D eigenvalue weighted by Gasteiger charge is -2.10. The molecule has 7 nitrogen and oxygen atoms in total. The van der Waals surface area contributed by atoms with Crippen LogP contribution in [-0.2, 0) is 13.6 Å². The zero-order chi connectivity index (χ0) is 13.1. The van der Waals surface area contributed by atoms with Crippen molar-refractivity contribution >= 4 is 5.69 Å². The molecule has 0 fully saturated rings. The summed E-state index contributed by atoms with van der Waals surface area (Å²) in [4.78, 5) is 15.9. The van der Waals surface area contributed by atoms with Crippen molar-refractivity contribution in [1.82, 2.24) is 24.5 Å². The summed E-state index contributed by atoms with van der Waals surface area (Å²) >= 11 is 0. The molecule has 0 unspecified atom stereocenters. The van der Waals surface area contributed by atoms with Crippen LogP contribution in [-0.4, -0.2) is 30.6 Å². The standard InChI is InChI=1S/C11H16N6O/c1-8(2)15-9-4-11(18)17(13-5-9)6-10-12-7-14-16(10)3/h4-5,7-8,15H,6H2,1-3H3. The van der Waals surface area contributed by atoms with Gasteiger partial charge < -0.3 is 5.32 Å². The smallest absolute Gasteiger partial charge is 0.269 e. The molecule has 7 heteroatoms. The van der Waals surface area contributed by atoms with Crippen LogP contribution in [0.5, 0.6) is 0 Å². The first-order valence-electron chi connectivity index (χ1n) is 5.73. The van der Waals surface area contributed by atoms with Crippen LogP contribution < -0.4 is 10.9 Å². The average Bonchev–Trinajstić information content (AvgIpc) is 2.67. The highest BCUT2D eigenvalue weighted by Crippen LogP contribution is 2.02. The lowest BCUT2D eigenvalue weighted by molar-refractivity contribution is 0.580. The Bertz CT molecular complexity index is 585. The summed E-state index contributed by atoms with van der Waals surface area (Å²) in [5.41, 5.74) is 0.563. The second kappa shape index (κ2) is 4.99. The zero-order valence-electron chi connectivity index (χ0n) is 10.7. The van der Waals surface area contributed by atoms with Gasteiger partial charge in [-0.15, -0.1) is 0 Å². The summed E-state index contributed by atoms with van der Waals surface area (Å²) in [5.74, 6) is 0.689. The average molecular weight is 248 g/mol. The van der Waals surface area contributed by atoms with E-state index in [1.165, 1.54) is 17.1 Å². The minimum Gasteiger partial charge on any atom is -0.381 e. The van der Waals surface area contributed by atoms with E-state index in [-0.39, 0.29) is 11.6 Å². The molecule has 0 aliphatic carbocycles. The highest BCUT2D eigenvalue weighted by Gasteiger charge is 2.05. The topological polar surface area (TPSA) is 77.6 Å². The molecule has 0 spiro atoms. The van der Waals surface area contributed by atoms with Crippen molar-refractivity contribution in [2.75, 3.05) is 5.32 Å². The van der Waals surface area contributed by atoms with Crippen LogP contribution >= 0.6 is 0 Å². The van der Waals surface area contributed by atoms with Gasteiger partial charge in [0.1, 0.15) is 18.7 Å². The predicted octanol–water partition coefficient (Wildman–Crippen LogP) is 0.240. The third kappa shape index (κ3) is 2.73. The van der Waals surface area contributed by atoms with Crippen molar-refractivity contribution < 1.29 is 0 Å². The van der Waals surface area contributed by atoms with Crippen molar-refractivity contribution in [3.05, 3.63) is 34.8 Å². The number of aryl methyl sites for hydroxylation is 1. The van der Waals surface area contributed by atoms with Gasteiger partial charge in [-0.2, -0.15) is 10.2 Å². The Morgan fingerprint density at radius 2 is 2.17 bits per heavy atom. The minimum absolute atomic E-state index is 0.163. The molecule has 0 saturated heterocycles. The van der Waals surface area contributed by atoms with Crippen LogP contribution in [0.15, 0.2) is 23.4 Å². The van der Waals surface area contributed by atoms with Gasteiger partial charge in [-0.25, -0.2) is 9.67 Å². The number of anilines is 1. The second-order valence-electron chi connectivity index (χ2n) is 4.34. The Balaban J connectivity index is 2.20. The molecule has 0 aliphatic rings. The Hall–Kier alpha value is -2.18. The third-order valence-electron chi connectivity index (χ3n) is 2.42. The third-order valence-corrected chi connectivity index (χ3v) is 2.42. The molecule has 0 radical (unpaired) electrons. The Morgan fingerprint density at radius 3 is 2.72 bits per heavy atom. The van der Waals surface area contributed by atoms with Crippen molar-refractivity contribution in [2.24, 2.45) is 7.05 Å². The first-order chi connectivity index (χ1) is 8.56. The number of hydrogen-bond donors (Lipinski definition) is 1. The fraction of sp³-hybridized carbons (Fsp3) is 0.455. The first-order valence-corrected chi connectivity index (χ1v) is 5.73. The fourth-order valence-electron chi connectivity index (χ4n) is 1.56. The second-order valence-corrected chi connectivity index (χ2v) is 4.34. The molecule has 2 aromatic rings. The lowest BCUT2D eigenvalue weighted by Crippen LogP contribution is -2.25. The van der Waals surface area contributed by atoms with E-state index in [1.54, 1.807) is 17.9 Å². The van der Waals surface area contributed by atoms with Gasteiger partial charge in [0, 0.05) is 19.2 Å².